The van der Waals surface area contributed by atoms with Crippen molar-refractivity contribution in [3.8, 4) is 0 Å². The monoisotopic (exact) mass is 244 g/mol. The predicted octanol–water partition coefficient (Wildman–Crippen LogP) is 3.14. The third kappa shape index (κ3) is 1.86. The maximum atomic E-state index is 5.63. The molecule has 1 aliphatic rings. The summed E-state index contributed by atoms with van der Waals surface area (Å²) in [7, 11) is 0. The van der Waals surface area contributed by atoms with Crippen molar-refractivity contribution in [3.63, 3.8) is 0 Å². The van der Waals surface area contributed by atoms with Crippen LogP contribution in [0.2, 0.25) is 0 Å². The van der Waals surface area contributed by atoms with Gasteiger partial charge in [0.1, 0.15) is 0 Å². The smallest absolute Gasteiger partial charge is 0.218 e. The minimum atomic E-state index is 0.539. The number of hydrogen-bond donors (Lipinski definition) is 2. The van der Waals surface area contributed by atoms with Crippen LogP contribution in [0.1, 0.15) is 43.7 Å². The van der Waals surface area contributed by atoms with Gasteiger partial charge in [0.25, 0.3) is 0 Å². The molecular formula is C14H20N4. The van der Waals surface area contributed by atoms with Crippen molar-refractivity contribution in [1.29, 1.82) is 0 Å². The maximum absolute atomic E-state index is 5.63. The largest absolute Gasteiger partial charge is 0.306 e. The van der Waals surface area contributed by atoms with Crippen molar-refractivity contribution < 1.29 is 0 Å². The summed E-state index contributed by atoms with van der Waals surface area (Å²) >= 11 is 0. The normalized spacial score (nSPS) is 17.2. The van der Waals surface area contributed by atoms with Gasteiger partial charge in [0.15, 0.2) is 0 Å². The summed E-state index contributed by atoms with van der Waals surface area (Å²) in [6.45, 7) is 2.12. The van der Waals surface area contributed by atoms with E-state index in [1.54, 1.807) is 0 Å². The van der Waals surface area contributed by atoms with E-state index in [-0.39, 0.29) is 0 Å². The number of nitrogens with two attached hydrogens (primary N) is 1. The van der Waals surface area contributed by atoms with Crippen LogP contribution in [0, 0.1) is 6.92 Å². The molecule has 0 spiro atoms. The molecule has 0 amide bonds. The number of aryl methyl sites for hydroxylation is 1. The second kappa shape index (κ2) is 4.61. The van der Waals surface area contributed by atoms with Gasteiger partial charge in [-0.3, -0.25) is 5.43 Å². The van der Waals surface area contributed by atoms with Gasteiger partial charge in [0.05, 0.1) is 11.0 Å². The molecule has 1 aromatic carbocycles. The second-order valence-electron chi connectivity index (χ2n) is 5.23. The Balaban J connectivity index is 2.14. The highest BCUT2D eigenvalue weighted by Gasteiger charge is 2.20. The van der Waals surface area contributed by atoms with Crippen LogP contribution in [0.5, 0.6) is 0 Å². The number of aromatic nitrogens is 2. The number of hydrogen-bond acceptors (Lipinski definition) is 3. The molecule has 1 aliphatic carbocycles. The minimum absolute atomic E-state index is 0.539. The average Bonchev–Trinajstić information content (AvgIpc) is 2.77. The van der Waals surface area contributed by atoms with Gasteiger partial charge >= 0.3 is 0 Å². The van der Waals surface area contributed by atoms with Crippen LogP contribution in [0.15, 0.2) is 18.2 Å². The first-order valence-electron chi connectivity index (χ1n) is 6.75. The molecule has 3 N–H and O–H groups in total. The molecule has 0 aliphatic heterocycles. The third-order valence-electron chi connectivity index (χ3n) is 3.91. The molecule has 1 heterocycles. The number of anilines is 1. The van der Waals surface area contributed by atoms with Crippen LogP contribution in [0.4, 0.5) is 5.95 Å². The number of fused-ring (bicyclic) bond motifs is 1. The number of nitrogen functional groups attached to an aromatic ring is 1. The van der Waals surface area contributed by atoms with Crippen LogP contribution in [-0.2, 0) is 0 Å². The van der Waals surface area contributed by atoms with Crippen molar-refractivity contribution in [2.24, 2.45) is 5.84 Å². The van der Waals surface area contributed by atoms with Crippen LogP contribution >= 0.6 is 0 Å². The molecule has 0 bridgehead atoms. The Hall–Kier alpha value is -1.55. The summed E-state index contributed by atoms with van der Waals surface area (Å²) < 4.78 is 2.29. The number of benzene rings is 1. The van der Waals surface area contributed by atoms with E-state index in [1.807, 2.05) is 0 Å². The fourth-order valence-corrected chi connectivity index (χ4v) is 3.01. The van der Waals surface area contributed by atoms with E-state index >= 15 is 0 Å². The third-order valence-corrected chi connectivity index (χ3v) is 3.91. The lowest BCUT2D eigenvalue weighted by Gasteiger charge is -2.25. The lowest BCUT2D eigenvalue weighted by molar-refractivity contribution is 0.362. The Morgan fingerprint density at radius 3 is 2.78 bits per heavy atom. The predicted molar refractivity (Wildman–Crippen MR) is 74.4 cm³/mol. The van der Waals surface area contributed by atoms with Crippen molar-refractivity contribution in [1.82, 2.24) is 9.55 Å². The molecule has 0 radical (unpaired) electrons. The number of nitrogens with zero attached hydrogens (tertiary/aromatic N) is 2. The van der Waals surface area contributed by atoms with Gasteiger partial charge in [-0.05, 0) is 37.5 Å². The van der Waals surface area contributed by atoms with Gasteiger partial charge in [-0.2, -0.15) is 0 Å². The lowest BCUT2D eigenvalue weighted by Crippen LogP contribution is -2.18. The van der Waals surface area contributed by atoms with Crippen LogP contribution < -0.4 is 11.3 Å². The van der Waals surface area contributed by atoms with Crippen molar-refractivity contribution >= 4 is 17.0 Å². The zero-order valence-electron chi connectivity index (χ0n) is 10.8. The molecule has 96 valence electrons. The second-order valence-corrected chi connectivity index (χ2v) is 5.23. The number of nitrogens with one attached hydrogen (secondary N) is 1. The van der Waals surface area contributed by atoms with Crippen LogP contribution in [-0.4, -0.2) is 9.55 Å². The van der Waals surface area contributed by atoms with Crippen molar-refractivity contribution in [3.05, 3.63) is 23.8 Å². The van der Waals surface area contributed by atoms with Gasteiger partial charge in [0, 0.05) is 6.04 Å². The average molecular weight is 244 g/mol. The van der Waals surface area contributed by atoms with Gasteiger partial charge in [-0.1, -0.05) is 25.3 Å². The molecule has 3 rings (SSSR count). The number of hydrazine groups is 1. The van der Waals surface area contributed by atoms with Gasteiger partial charge in [0.2, 0.25) is 5.95 Å². The molecule has 2 aromatic rings. The lowest BCUT2D eigenvalue weighted by atomic mass is 9.95. The van der Waals surface area contributed by atoms with Crippen LogP contribution in [0.25, 0.3) is 11.0 Å². The Kier molecular flexibility index (Phi) is 2.96. The highest BCUT2D eigenvalue weighted by molar-refractivity contribution is 5.79. The molecule has 0 saturated heterocycles. The first kappa shape index (κ1) is 11.5. The summed E-state index contributed by atoms with van der Waals surface area (Å²) in [5.41, 5.74) is 6.25. The van der Waals surface area contributed by atoms with Gasteiger partial charge < -0.3 is 4.57 Å². The minimum Gasteiger partial charge on any atom is -0.306 e. The van der Waals surface area contributed by atoms with Gasteiger partial charge in [-0.25, -0.2) is 10.8 Å². The Bertz CT molecular complexity index is 552. The van der Waals surface area contributed by atoms with Crippen molar-refractivity contribution in [2.75, 3.05) is 5.43 Å². The fraction of sp³-hybridized carbons (Fsp3) is 0.500. The molecule has 18 heavy (non-hydrogen) atoms. The molecule has 1 saturated carbocycles. The summed E-state index contributed by atoms with van der Waals surface area (Å²) in [6.07, 6.45) is 6.43. The number of imidazole rings is 1. The SMILES string of the molecule is Cc1ccc2nc(NN)n(C3CCCCC3)c2c1. The molecule has 1 aromatic heterocycles. The molecule has 0 atom stereocenters. The fourth-order valence-electron chi connectivity index (χ4n) is 3.01. The molecule has 0 unspecified atom stereocenters. The summed E-state index contributed by atoms with van der Waals surface area (Å²) in [5, 5.41) is 0. The number of rotatable bonds is 2. The summed E-state index contributed by atoms with van der Waals surface area (Å²) in [4.78, 5) is 4.57. The van der Waals surface area contributed by atoms with E-state index in [4.69, 9.17) is 5.84 Å². The Morgan fingerprint density at radius 1 is 1.28 bits per heavy atom. The first-order valence-corrected chi connectivity index (χ1v) is 6.75. The molecular weight excluding hydrogens is 224 g/mol. The topological polar surface area (TPSA) is 55.9 Å². The molecule has 4 heteroatoms. The summed E-state index contributed by atoms with van der Waals surface area (Å²) in [6, 6.07) is 6.92. The first-order chi connectivity index (χ1) is 8.79. The highest BCUT2D eigenvalue weighted by atomic mass is 15.3. The summed E-state index contributed by atoms with van der Waals surface area (Å²) in [5.74, 6) is 6.42. The highest BCUT2D eigenvalue weighted by Crippen LogP contribution is 2.34. The standard InChI is InChI=1S/C14H20N4/c1-10-7-8-12-13(9-10)18(14(16-12)17-15)11-5-3-2-4-6-11/h7-9,11H,2-6,15H2,1H3,(H,16,17). The van der Waals surface area contributed by atoms with E-state index in [9.17, 15) is 0 Å². The Labute approximate surface area is 107 Å². The van der Waals surface area contributed by atoms with E-state index < -0.39 is 0 Å². The zero-order chi connectivity index (χ0) is 12.5. The maximum Gasteiger partial charge on any atom is 0.218 e. The van der Waals surface area contributed by atoms with Gasteiger partial charge in [-0.15, -0.1) is 0 Å². The van der Waals surface area contributed by atoms with E-state index in [0.717, 1.165) is 11.5 Å². The zero-order valence-corrected chi connectivity index (χ0v) is 10.8. The van der Waals surface area contributed by atoms with Crippen molar-refractivity contribution in [2.45, 2.75) is 45.1 Å². The van der Waals surface area contributed by atoms with Crippen LogP contribution in [0.3, 0.4) is 0 Å². The quantitative estimate of drug-likeness (QED) is 0.630. The van der Waals surface area contributed by atoms with E-state index in [1.165, 1.54) is 43.2 Å². The van der Waals surface area contributed by atoms with E-state index in [2.05, 4.69) is 40.1 Å². The molecule has 4 nitrogen and oxygen atoms in total. The van der Waals surface area contributed by atoms with E-state index in [0.29, 0.717) is 6.04 Å². The molecule has 1 fully saturated rings. The Morgan fingerprint density at radius 2 is 2.06 bits per heavy atom.